The third-order valence-corrected chi connectivity index (χ3v) is 5.54. The van der Waals surface area contributed by atoms with Crippen LogP contribution in [-0.4, -0.2) is 18.2 Å². The Morgan fingerprint density at radius 3 is 2.48 bits per heavy atom. The van der Waals surface area contributed by atoms with Gasteiger partial charge in [-0.1, -0.05) is 42.5 Å². The van der Waals surface area contributed by atoms with E-state index in [-0.39, 0.29) is 10.6 Å². The fraction of sp³-hybridized carbons (Fsp3) is 0.167. The van der Waals surface area contributed by atoms with Crippen molar-refractivity contribution in [1.29, 1.82) is 0 Å². The highest BCUT2D eigenvalue weighted by Gasteiger charge is 2.22. The number of rotatable bonds is 5. The first-order valence-corrected chi connectivity index (χ1v) is 9.30. The van der Waals surface area contributed by atoms with Gasteiger partial charge in [-0.15, -0.1) is 0 Å². The summed E-state index contributed by atoms with van der Waals surface area (Å²) in [7, 11) is -3.79. The summed E-state index contributed by atoms with van der Waals surface area (Å²) in [5.74, 6) is 0. The zero-order chi connectivity index (χ0) is 18.0. The molecule has 3 rings (SSSR count). The number of nitrogens with two attached hydrogens (primary N) is 1. The Bertz CT molecular complexity index is 995. The van der Waals surface area contributed by atoms with Gasteiger partial charge in [0.15, 0.2) is 0 Å². The lowest BCUT2D eigenvalue weighted by atomic mass is 10.1. The molecule has 0 unspecified atom stereocenters. The molecule has 0 spiro atoms. The highest BCUT2D eigenvalue weighted by Crippen LogP contribution is 2.27. The molecule has 3 N–H and O–H groups in total. The number of aromatic nitrogens is 2. The maximum absolute atomic E-state index is 12.7. The van der Waals surface area contributed by atoms with Gasteiger partial charge >= 0.3 is 0 Å². The van der Waals surface area contributed by atoms with Gasteiger partial charge in [0.1, 0.15) is 4.90 Å². The molecule has 1 heterocycles. The first-order chi connectivity index (χ1) is 11.9. The molecule has 0 aliphatic carbocycles. The minimum Gasteiger partial charge on any atom is -0.397 e. The first-order valence-electron chi connectivity index (χ1n) is 7.82. The molecule has 0 atom stereocenters. The number of hydrogen-bond acceptors (Lipinski definition) is 4. The Morgan fingerprint density at radius 1 is 1.08 bits per heavy atom. The fourth-order valence-electron chi connectivity index (χ4n) is 2.64. The summed E-state index contributed by atoms with van der Waals surface area (Å²) < 4.78 is 29.7. The van der Waals surface area contributed by atoms with Gasteiger partial charge in [0.05, 0.1) is 24.1 Å². The molecule has 25 heavy (non-hydrogen) atoms. The Hall–Kier alpha value is -2.80. The van der Waals surface area contributed by atoms with Crippen molar-refractivity contribution in [2.45, 2.75) is 25.3 Å². The molecule has 0 fully saturated rings. The maximum atomic E-state index is 12.7. The van der Waals surface area contributed by atoms with Gasteiger partial charge in [-0.3, -0.25) is 9.40 Å². The maximum Gasteiger partial charge on any atom is 0.264 e. The average Bonchev–Trinajstić information content (AvgIpc) is 2.98. The van der Waals surface area contributed by atoms with Crippen molar-refractivity contribution in [3.05, 3.63) is 71.5 Å². The Kier molecular flexibility index (Phi) is 4.50. The van der Waals surface area contributed by atoms with E-state index >= 15 is 0 Å². The predicted molar refractivity (Wildman–Crippen MR) is 98.9 cm³/mol. The topological polar surface area (TPSA) is 90.0 Å². The Morgan fingerprint density at radius 2 is 1.76 bits per heavy atom. The van der Waals surface area contributed by atoms with E-state index in [9.17, 15) is 8.42 Å². The monoisotopic (exact) mass is 356 g/mol. The zero-order valence-electron chi connectivity index (χ0n) is 14.1. The van der Waals surface area contributed by atoms with E-state index in [2.05, 4.69) is 9.82 Å². The van der Waals surface area contributed by atoms with Crippen LogP contribution >= 0.6 is 0 Å². The first kappa shape index (κ1) is 17.0. The molecule has 130 valence electrons. The third kappa shape index (κ3) is 3.66. The van der Waals surface area contributed by atoms with Crippen LogP contribution in [0.2, 0.25) is 0 Å². The minimum atomic E-state index is -3.79. The summed E-state index contributed by atoms with van der Waals surface area (Å²) in [5.41, 5.74) is 9.07. The van der Waals surface area contributed by atoms with E-state index in [1.165, 1.54) is 6.20 Å². The van der Waals surface area contributed by atoms with Crippen molar-refractivity contribution in [2.24, 2.45) is 0 Å². The molecule has 6 nitrogen and oxygen atoms in total. The van der Waals surface area contributed by atoms with Gasteiger partial charge in [0.25, 0.3) is 10.0 Å². The Labute approximate surface area is 147 Å². The number of nitrogens with one attached hydrogen (secondary N) is 1. The summed E-state index contributed by atoms with van der Waals surface area (Å²) in [6, 6.07) is 13.4. The number of sulfonamides is 1. The molecule has 1 aromatic heterocycles. The third-order valence-electron chi connectivity index (χ3n) is 3.95. The van der Waals surface area contributed by atoms with Gasteiger partial charge in [-0.05, 0) is 30.5 Å². The van der Waals surface area contributed by atoms with Crippen molar-refractivity contribution < 1.29 is 8.42 Å². The molecule has 0 saturated carbocycles. The number of nitrogens with zero attached hydrogens (tertiary/aromatic N) is 2. The van der Waals surface area contributed by atoms with Crippen molar-refractivity contribution >= 4 is 21.4 Å². The van der Waals surface area contributed by atoms with Crippen LogP contribution < -0.4 is 10.5 Å². The molecule has 0 aliphatic heterocycles. The van der Waals surface area contributed by atoms with Crippen LogP contribution in [0.5, 0.6) is 0 Å². The highest BCUT2D eigenvalue weighted by molar-refractivity contribution is 7.93. The standard InChI is InChI=1S/C18H20N4O2S/c1-13-8-9-14(2)18(17(13)19)25(23,24)21-16-10-20-22(12-16)11-15-6-4-3-5-7-15/h3-10,12,21H,11,19H2,1-2H3. The second-order valence-corrected chi connectivity index (χ2v) is 7.58. The Balaban J connectivity index is 1.84. The molecule has 0 amide bonds. The van der Waals surface area contributed by atoms with E-state index in [1.807, 2.05) is 36.4 Å². The number of nitrogen functional groups attached to an aromatic ring is 1. The van der Waals surface area contributed by atoms with Crippen LogP contribution in [0.3, 0.4) is 0 Å². The predicted octanol–water partition coefficient (Wildman–Crippen LogP) is 2.93. The molecule has 0 bridgehead atoms. The largest absolute Gasteiger partial charge is 0.397 e. The second kappa shape index (κ2) is 6.60. The van der Waals surface area contributed by atoms with Gasteiger partial charge in [-0.2, -0.15) is 5.10 Å². The smallest absolute Gasteiger partial charge is 0.264 e. The van der Waals surface area contributed by atoms with E-state index in [1.54, 1.807) is 30.8 Å². The summed E-state index contributed by atoms with van der Waals surface area (Å²) in [4.78, 5) is 0.114. The number of hydrogen-bond donors (Lipinski definition) is 2. The van der Waals surface area contributed by atoms with Crippen LogP contribution in [0.25, 0.3) is 0 Å². The van der Waals surface area contributed by atoms with Crippen LogP contribution in [0.15, 0.2) is 59.8 Å². The van der Waals surface area contributed by atoms with Gasteiger partial charge in [0.2, 0.25) is 0 Å². The summed E-state index contributed by atoms with van der Waals surface area (Å²) >= 11 is 0. The molecule has 7 heteroatoms. The molecule has 3 aromatic rings. The van der Waals surface area contributed by atoms with Crippen LogP contribution in [0, 0.1) is 13.8 Å². The quantitative estimate of drug-likeness (QED) is 0.688. The lowest BCUT2D eigenvalue weighted by Gasteiger charge is -2.13. The molecular formula is C18H20N4O2S. The van der Waals surface area contributed by atoms with Crippen molar-refractivity contribution in [2.75, 3.05) is 10.5 Å². The number of benzene rings is 2. The fourth-order valence-corrected chi connectivity index (χ4v) is 4.10. The molecule has 2 aromatic carbocycles. The number of aryl methyl sites for hydroxylation is 2. The lowest BCUT2D eigenvalue weighted by Crippen LogP contribution is -2.16. The van der Waals surface area contributed by atoms with Gasteiger partial charge < -0.3 is 5.73 Å². The van der Waals surface area contributed by atoms with Crippen LogP contribution in [0.4, 0.5) is 11.4 Å². The molecule has 0 saturated heterocycles. The van der Waals surface area contributed by atoms with Gasteiger partial charge in [0, 0.05) is 6.20 Å². The van der Waals surface area contributed by atoms with Crippen LogP contribution in [-0.2, 0) is 16.6 Å². The van der Waals surface area contributed by atoms with E-state index in [0.29, 0.717) is 17.8 Å². The van der Waals surface area contributed by atoms with Crippen molar-refractivity contribution in [3.63, 3.8) is 0 Å². The van der Waals surface area contributed by atoms with Crippen molar-refractivity contribution in [3.8, 4) is 0 Å². The second-order valence-electron chi connectivity index (χ2n) is 5.96. The SMILES string of the molecule is Cc1ccc(C)c(S(=O)(=O)Nc2cnn(Cc3ccccc3)c2)c1N. The highest BCUT2D eigenvalue weighted by atomic mass is 32.2. The summed E-state index contributed by atoms with van der Waals surface area (Å²) in [5, 5.41) is 4.21. The molecule has 0 aliphatic rings. The minimum absolute atomic E-state index is 0.114. The summed E-state index contributed by atoms with van der Waals surface area (Å²) in [6.45, 7) is 4.07. The van der Waals surface area contributed by atoms with Gasteiger partial charge in [-0.25, -0.2) is 8.42 Å². The lowest BCUT2D eigenvalue weighted by molar-refractivity contribution is 0.601. The summed E-state index contributed by atoms with van der Waals surface area (Å²) in [6.07, 6.45) is 3.15. The van der Waals surface area contributed by atoms with E-state index in [4.69, 9.17) is 5.73 Å². The van der Waals surface area contributed by atoms with Crippen LogP contribution in [0.1, 0.15) is 16.7 Å². The molecular weight excluding hydrogens is 336 g/mol. The number of anilines is 2. The molecule has 0 radical (unpaired) electrons. The van der Waals surface area contributed by atoms with Crippen molar-refractivity contribution in [1.82, 2.24) is 9.78 Å². The average molecular weight is 356 g/mol. The zero-order valence-corrected chi connectivity index (χ0v) is 14.9. The normalized spacial score (nSPS) is 11.4. The van der Waals surface area contributed by atoms with E-state index < -0.39 is 10.0 Å². The van der Waals surface area contributed by atoms with E-state index in [0.717, 1.165) is 11.1 Å².